The molecule has 0 aromatic carbocycles. The van der Waals surface area contributed by atoms with Crippen LogP contribution in [0.1, 0.15) is 30.1 Å². The van der Waals surface area contributed by atoms with Crippen LogP contribution in [0.5, 0.6) is 0 Å². The topological polar surface area (TPSA) is 51.2 Å². The fraction of sp³-hybridized carbons (Fsp3) is 0.538. The summed E-state index contributed by atoms with van der Waals surface area (Å²) < 4.78 is 4.82. The van der Waals surface area contributed by atoms with E-state index < -0.39 is 6.04 Å². The van der Waals surface area contributed by atoms with E-state index in [1.807, 2.05) is 19.1 Å². The van der Waals surface area contributed by atoms with E-state index in [-0.39, 0.29) is 5.97 Å². The zero-order chi connectivity index (χ0) is 12.3. The molecule has 1 aromatic heterocycles. The number of aromatic nitrogens is 1. The van der Waals surface area contributed by atoms with Crippen molar-refractivity contribution < 1.29 is 9.53 Å². The van der Waals surface area contributed by atoms with Crippen LogP contribution in [-0.2, 0) is 9.53 Å². The minimum atomic E-state index is -0.395. The van der Waals surface area contributed by atoms with Crippen LogP contribution in [0.2, 0.25) is 0 Å². The number of carbonyl (C=O) groups is 1. The molecule has 0 amide bonds. The summed E-state index contributed by atoms with van der Waals surface area (Å²) in [6.45, 7) is 2.79. The third-order valence-electron chi connectivity index (χ3n) is 3.01. The van der Waals surface area contributed by atoms with Gasteiger partial charge in [-0.1, -0.05) is 6.07 Å². The molecule has 1 aromatic rings. The summed E-state index contributed by atoms with van der Waals surface area (Å²) in [7, 11) is 1.41. The van der Waals surface area contributed by atoms with Crippen molar-refractivity contribution in [1.82, 2.24) is 10.3 Å². The number of hydrogen-bond acceptors (Lipinski definition) is 4. The van der Waals surface area contributed by atoms with Crippen molar-refractivity contribution in [2.45, 2.75) is 25.8 Å². The Labute approximate surface area is 101 Å². The maximum atomic E-state index is 11.7. The first-order chi connectivity index (χ1) is 8.20. The average molecular weight is 234 g/mol. The van der Waals surface area contributed by atoms with Crippen LogP contribution in [0.15, 0.2) is 18.3 Å². The minimum absolute atomic E-state index is 0.253. The van der Waals surface area contributed by atoms with Crippen LogP contribution in [0.4, 0.5) is 0 Å². The predicted octanol–water partition coefficient (Wildman–Crippen LogP) is 1.60. The second-order valence-corrected chi connectivity index (χ2v) is 4.54. The monoisotopic (exact) mass is 234 g/mol. The number of rotatable bonds is 5. The lowest BCUT2D eigenvalue weighted by atomic mass is 10.1. The molecule has 92 valence electrons. The van der Waals surface area contributed by atoms with Gasteiger partial charge < -0.3 is 10.1 Å². The Morgan fingerprint density at radius 1 is 1.59 bits per heavy atom. The first kappa shape index (κ1) is 12.0. The third-order valence-corrected chi connectivity index (χ3v) is 3.01. The molecule has 1 unspecified atom stereocenters. The fourth-order valence-corrected chi connectivity index (χ4v) is 1.71. The molecule has 17 heavy (non-hydrogen) atoms. The number of methoxy groups -OCH3 is 1. The molecule has 1 heterocycles. The molecule has 1 saturated carbocycles. The van der Waals surface area contributed by atoms with Crippen molar-refractivity contribution in [2.24, 2.45) is 5.92 Å². The smallest absolute Gasteiger partial charge is 0.327 e. The van der Waals surface area contributed by atoms with Crippen molar-refractivity contribution >= 4 is 5.97 Å². The van der Waals surface area contributed by atoms with Gasteiger partial charge in [-0.05, 0) is 43.9 Å². The van der Waals surface area contributed by atoms with Gasteiger partial charge in [-0.3, -0.25) is 4.98 Å². The van der Waals surface area contributed by atoms with Gasteiger partial charge in [0.15, 0.2) is 0 Å². The Kier molecular flexibility index (Phi) is 3.74. The molecule has 0 aliphatic heterocycles. The average Bonchev–Trinajstić information content (AvgIpc) is 3.15. The van der Waals surface area contributed by atoms with Gasteiger partial charge in [0.05, 0.1) is 7.11 Å². The Bertz CT molecular complexity index is 385. The van der Waals surface area contributed by atoms with E-state index in [1.54, 1.807) is 6.20 Å². The number of aryl methyl sites for hydroxylation is 1. The van der Waals surface area contributed by atoms with Crippen LogP contribution in [0.3, 0.4) is 0 Å². The van der Waals surface area contributed by atoms with Crippen LogP contribution < -0.4 is 5.32 Å². The molecule has 0 spiro atoms. The summed E-state index contributed by atoms with van der Waals surface area (Å²) in [4.78, 5) is 15.9. The zero-order valence-corrected chi connectivity index (χ0v) is 10.3. The first-order valence-electron chi connectivity index (χ1n) is 5.94. The molecule has 4 heteroatoms. The van der Waals surface area contributed by atoms with Crippen molar-refractivity contribution in [2.75, 3.05) is 13.7 Å². The van der Waals surface area contributed by atoms with Gasteiger partial charge in [-0.15, -0.1) is 0 Å². The highest BCUT2D eigenvalue weighted by atomic mass is 16.5. The number of hydrogen-bond donors (Lipinski definition) is 1. The van der Waals surface area contributed by atoms with E-state index in [0.717, 1.165) is 23.7 Å². The normalized spacial score (nSPS) is 16.6. The quantitative estimate of drug-likeness (QED) is 0.786. The molecule has 4 nitrogen and oxygen atoms in total. The highest BCUT2D eigenvalue weighted by Gasteiger charge is 2.26. The standard InChI is InChI=1S/C13H18N2O2/c1-9-3-6-11(8-14-9)12(13(16)17-2)15-7-10-4-5-10/h3,6,8,10,12,15H,4-5,7H2,1-2H3. The molecule has 1 aliphatic rings. The zero-order valence-electron chi connectivity index (χ0n) is 10.3. The van der Waals surface area contributed by atoms with Crippen molar-refractivity contribution in [1.29, 1.82) is 0 Å². The van der Waals surface area contributed by atoms with E-state index in [0.29, 0.717) is 0 Å². The van der Waals surface area contributed by atoms with Crippen LogP contribution in [0.25, 0.3) is 0 Å². The number of ether oxygens (including phenoxy) is 1. The Hall–Kier alpha value is -1.42. The van der Waals surface area contributed by atoms with E-state index in [2.05, 4.69) is 10.3 Å². The maximum Gasteiger partial charge on any atom is 0.327 e. The van der Waals surface area contributed by atoms with Gasteiger partial charge >= 0.3 is 5.97 Å². The highest BCUT2D eigenvalue weighted by Crippen LogP contribution is 2.28. The molecule has 1 atom stereocenters. The number of carbonyl (C=O) groups excluding carboxylic acids is 1. The second kappa shape index (κ2) is 5.27. The second-order valence-electron chi connectivity index (χ2n) is 4.54. The van der Waals surface area contributed by atoms with E-state index in [9.17, 15) is 4.79 Å². The van der Waals surface area contributed by atoms with Gasteiger partial charge in [0.25, 0.3) is 0 Å². The molecule has 0 saturated heterocycles. The van der Waals surface area contributed by atoms with E-state index in [4.69, 9.17) is 4.74 Å². The minimum Gasteiger partial charge on any atom is -0.468 e. The molecular weight excluding hydrogens is 216 g/mol. The summed E-state index contributed by atoms with van der Waals surface area (Å²) in [6, 6.07) is 3.43. The molecule has 2 rings (SSSR count). The summed E-state index contributed by atoms with van der Waals surface area (Å²) in [5, 5.41) is 3.25. The molecule has 1 aliphatic carbocycles. The van der Waals surface area contributed by atoms with E-state index >= 15 is 0 Å². The van der Waals surface area contributed by atoms with Crippen molar-refractivity contribution in [3.05, 3.63) is 29.6 Å². The van der Waals surface area contributed by atoms with Gasteiger partial charge in [-0.25, -0.2) is 4.79 Å². The molecule has 1 fully saturated rings. The van der Waals surface area contributed by atoms with Gasteiger partial charge in [-0.2, -0.15) is 0 Å². The van der Waals surface area contributed by atoms with Gasteiger partial charge in [0.2, 0.25) is 0 Å². The number of nitrogens with one attached hydrogen (secondary N) is 1. The summed E-state index contributed by atoms with van der Waals surface area (Å²) in [5.74, 6) is 0.469. The SMILES string of the molecule is COC(=O)C(NCC1CC1)c1ccc(C)nc1. The predicted molar refractivity (Wildman–Crippen MR) is 64.5 cm³/mol. The Morgan fingerprint density at radius 3 is 2.88 bits per heavy atom. The summed E-state index contributed by atoms with van der Waals surface area (Å²) >= 11 is 0. The van der Waals surface area contributed by atoms with Gasteiger partial charge in [0, 0.05) is 11.9 Å². The Morgan fingerprint density at radius 2 is 2.35 bits per heavy atom. The van der Waals surface area contributed by atoms with Gasteiger partial charge in [0.1, 0.15) is 6.04 Å². The number of nitrogens with zero attached hydrogens (tertiary/aromatic N) is 1. The lowest BCUT2D eigenvalue weighted by Crippen LogP contribution is -2.31. The fourth-order valence-electron chi connectivity index (χ4n) is 1.71. The van der Waals surface area contributed by atoms with Crippen molar-refractivity contribution in [3.8, 4) is 0 Å². The van der Waals surface area contributed by atoms with Crippen LogP contribution in [0, 0.1) is 12.8 Å². The molecule has 1 N–H and O–H groups in total. The van der Waals surface area contributed by atoms with Crippen molar-refractivity contribution in [3.63, 3.8) is 0 Å². The highest BCUT2D eigenvalue weighted by molar-refractivity contribution is 5.77. The number of pyridine rings is 1. The number of esters is 1. The molecule has 0 radical (unpaired) electrons. The van der Waals surface area contributed by atoms with Crippen LogP contribution >= 0.6 is 0 Å². The largest absolute Gasteiger partial charge is 0.468 e. The lowest BCUT2D eigenvalue weighted by molar-refractivity contribution is -0.143. The lowest BCUT2D eigenvalue weighted by Gasteiger charge is -2.16. The molecular formula is C13H18N2O2. The first-order valence-corrected chi connectivity index (χ1v) is 5.94. The molecule has 0 bridgehead atoms. The van der Waals surface area contributed by atoms with Crippen LogP contribution in [-0.4, -0.2) is 24.6 Å². The maximum absolute atomic E-state index is 11.7. The summed E-state index contributed by atoms with van der Waals surface area (Å²) in [5.41, 5.74) is 1.81. The third kappa shape index (κ3) is 3.27. The van der Waals surface area contributed by atoms with E-state index in [1.165, 1.54) is 20.0 Å². The Balaban J connectivity index is 2.07. The summed E-state index contributed by atoms with van der Waals surface area (Å²) in [6.07, 6.45) is 4.25.